The van der Waals surface area contributed by atoms with Crippen molar-refractivity contribution >= 4 is 0 Å². The molecule has 1 saturated heterocycles. The monoisotopic (exact) mass is 265 g/mol. The molecule has 2 saturated carbocycles. The van der Waals surface area contributed by atoms with E-state index in [1.54, 1.807) is 0 Å². The van der Waals surface area contributed by atoms with Crippen LogP contribution in [0.1, 0.15) is 46.5 Å². The van der Waals surface area contributed by atoms with Crippen molar-refractivity contribution in [1.82, 2.24) is 15.1 Å². The van der Waals surface area contributed by atoms with Gasteiger partial charge in [-0.1, -0.05) is 0 Å². The van der Waals surface area contributed by atoms with Crippen LogP contribution in [0.5, 0.6) is 0 Å². The van der Waals surface area contributed by atoms with Crippen LogP contribution in [0.4, 0.5) is 0 Å². The lowest BCUT2D eigenvalue weighted by atomic mass is 9.77. The van der Waals surface area contributed by atoms with E-state index in [4.69, 9.17) is 0 Å². The number of hydrogen-bond donors (Lipinski definition) is 1. The lowest BCUT2D eigenvalue weighted by Gasteiger charge is -2.48. The quantitative estimate of drug-likeness (QED) is 0.838. The molecule has 1 aliphatic heterocycles. The highest BCUT2D eigenvalue weighted by atomic mass is 15.3. The Morgan fingerprint density at radius 2 is 1.53 bits per heavy atom. The molecule has 3 aliphatic rings. The van der Waals surface area contributed by atoms with E-state index in [1.807, 2.05) is 0 Å². The zero-order valence-corrected chi connectivity index (χ0v) is 13.0. The summed E-state index contributed by atoms with van der Waals surface area (Å²) in [4.78, 5) is 5.50. The van der Waals surface area contributed by atoms with Crippen LogP contribution in [0.15, 0.2) is 0 Å². The highest BCUT2D eigenvalue weighted by Crippen LogP contribution is 2.34. The molecular weight excluding hydrogens is 234 g/mol. The van der Waals surface area contributed by atoms with Crippen molar-refractivity contribution in [3.05, 3.63) is 0 Å². The molecule has 0 aromatic heterocycles. The SMILES string of the molecule is CC(C)(C)NCC1CCC1N1CCN(C2CC2)CC1. The minimum absolute atomic E-state index is 0.269. The maximum Gasteiger partial charge on any atom is 0.0137 e. The molecule has 2 unspecified atom stereocenters. The summed E-state index contributed by atoms with van der Waals surface area (Å²) in [6.45, 7) is 13.3. The van der Waals surface area contributed by atoms with E-state index >= 15 is 0 Å². The molecule has 3 rings (SSSR count). The highest BCUT2D eigenvalue weighted by Gasteiger charge is 2.38. The highest BCUT2D eigenvalue weighted by molar-refractivity contribution is 4.95. The molecule has 3 fully saturated rings. The van der Waals surface area contributed by atoms with E-state index in [1.165, 1.54) is 58.4 Å². The molecule has 0 aromatic carbocycles. The number of rotatable bonds is 4. The minimum atomic E-state index is 0.269. The molecule has 3 heteroatoms. The summed E-state index contributed by atoms with van der Waals surface area (Å²) >= 11 is 0. The summed E-state index contributed by atoms with van der Waals surface area (Å²) < 4.78 is 0. The van der Waals surface area contributed by atoms with Gasteiger partial charge in [0.25, 0.3) is 0 Å². The van der Waals surface area contributed by atoms with E-state index in [9.17, 15) is 0 Å². The average Bonchev–Trinajstić information content (AvgIpc) is 3.11. The molecule has 0 radical (unpaired) electrons. The van der Waals surface area contributed by atoms with E-state index in [0.29, 0.717) is 0 Å². The van der Waals surface area contributed by atoms with Crippen LogP contribution in [0, 0.1) is 5.92 Å². The van der Waals surface area contributed by atoms with Gasteiger partial charge in [0.1, 0.15) is 0 Å². The Morgan fingerprint density at radius 1 is 0.895 bits per heavy atom. The van der Waals surface area contributed by atoms with E-state index in [-0.39, 0.29) is 5.54 Å². The fourth-order valence-electron chi connectivity index (χ4n) is 3.58. The maximum atomic E-state index is 3.69. The number of nitrogens with one attached hydrogen (secondary N) is 1. The first kappa shape index (κ1) is 13.8. The Bertz CT molecular complexity index is 298. The topological polar surface area (TPSA) is 18.5 Å². The third-order valence-corrected chi connectivity index (χ3v) is 5.15. The van der Waals surface area contributed by atoms with Gasteiger partial charge in [0.2, 0.25) is 0 Å². The Balaban J connectivity index is 1.42. The van der Waals surface area contributed by atoms with Crippen molar-refractivity contribution in [2.24, 2.45) is 5.92 Å². The average molecular weight is 265 g/mol. The molecule has 0 bridgehead atoms. The number of nitrogens with zero attached hydrogens (tertiary/aromatic N) is 2. The van der Waals surface area contributed by atoms with Gasteiger partial charge < -0.3 is 5.32 Å². The van der Waals surface area contributed by atoms with Crippen molar-refractivity contribution in [1.29, 1.82) is 0 Å². The van der Waals surface area contributed by atoms with Gasteiger partial charge in [0, 0.05) is 43.8 Å². The lowest BCUT2D eigenvalue weighted by molar-refractivity contribution is 0.0170. The summed E-state index contributed by atoms with van der Waals surface area (Å²) in [5.74, 6) is 0.895. The number of piperazine rings is 1. The second-order valence-corrected chi connectivity index (χ2v) is 7.84. The zero-order valence-electron chi connectivity index (χ0n) is 13.0. The first-order valence-electron chi connectivity index (χ1n) is 8.26. The van der Waals surface area contributed by atoms with Crippen molar-refractivity contribution < 1.29 is 0 Å². The molecule has 110 valence electrons. The van der Waals surface area contributed by atoms with Crippen LogP contribution in [0.25, 0.3) is 0 Å². The fraction of sp³-hybridized carbons (Fsp3) is 1.00. The maximum absolute atomic E-state index is 3.69. The van der Waals surface area contributed by atoms with Crippen molar-refractivity contribution in [3.8, 4) is 0 Å². The number of hydrogen-bond acceptors (Lipinski definition) is 3. The Labute approximate surface area is 118 Å². The van der Waals surface area contributed by atoms with E-state index < -0.39 is 0 Å². The second-order valence-electron chi connectivity index (χ2n) is 7.84. The van der Waals surface area contributed by atoms with Crippen LogP contribution in [-0.2, 0) is 0 Å². The third-order valence-electron chi connectivity index (χ3n) is 5.15. The minimum Gasteiger partial charge on any atom is -0.312 e. The second kappa shape index (κ2) is 5.34. The van der Waals surface area contributed by atoms with E-state index in [2.05, 4.69) is 35.9 Å². The van der Waals surface area contributed by atoms with Crippen molar-refractivity contribution in [2.75, 3.05) is 32.7 Å². The molecule has 1 heterocycles. The Kier molecular flexibility index (Phi) is 3.89. The van der Waals surface area contributed by atoms with Gasteiger partial charge >= 0.3 is 0 Å². The zero-order chi connectivity index (χ0) is 13.5. The van der Waals surface area contributed by atoms with Gasteiger partial charge in [0.15, 0.2) is 0 Å². The predicted octanol–water partition coefficient (Wildman–Crippen LogP) is 1.93. The van der Waals surface area contributed by atoms with Crippen LogP contribution in [0.2, 0.25) is 0 Å². The van der Waals surface area contributed by atoms with Crippen molar-refractivity contribution in [2.45, 2.75) is 64.1 Å². The first-order chi connectivity index (χ1) is 9.03. The van der Waals surface area contributed by atoms with Crippen LogP contribution >= 0.6 is 0 Å². The van der Waals surface area contributed by atoms with Gasteiger partial charge in [-0.25, -0.2) is 0 Å². The predicted molar refractivity (Wildman–Crippen MR) is 80.4 cm³/mol. The van der Waals surface area contributed by atoms with Crippen LogP contribution in [-0.4, -0.2) is 60.1 Å². The van der Waals surface area contributed by atoms with Gasteiger partial charge in [0.05, 0.1) is 0 Å². The van der Waals surface area contributed by atoms with E-state index in [0.717, 1.165) is 18.0 Å². The molecule has 0 aromatic rings. The fourth-order valence-corrected chi connectivity index (χ4v) is 3.58. The summed E-state index contributed by atoms with van der Waals surface area (Å²) in [5, 5.41) is 3.69. The summed E-state index contributed by atoms with van der Waals surface area (Å²) in [6, 6.07) is 1.83. The largest absolute Gasteiger partial charge is 0.312 e. The molecule has 2 atom stereocenters. The normalized spacial score (nSPS) is 34.3. The lowest BCUT2D eigenvalue weighted by Crippen LogP contribution is -2.58. The molecule has 3 nitrogen and oxygen atoms in total. The van der Waals surface area contributed by atoms with Gasteiger partial charge in [-0.2, -0.15) is 0 Å². The third kappa shape index (κ3) is 3.50. The van der Waals surface area contributed by atoms with Gasteiger partial charge in [-0.3, -0.25) is 9.80 Å². The van der Waals surface area contributed by atoms with Crippen LogP contribution in [0.3, 0.4) is 0 Å². The molecule has 1 N–H and O–H groups in total. The molecule has 0 amide bonds. The summed E-state index contributed by atoms with van der Waals surface area (Å²) in [5.41, 5.74) is 0.269. The Morgan fingerprint density at radius 3 is 2.00 bits per heavy atom. The van der Waals surface area contributed by atoms with Crippen LogP contribution < -0.4 is 5.32 Å². The molecule has 0 spiro atoms. The molecule has 2 aliphatic carbocycles. The molecule has 19 heavy (non-hydrogen) atoms. The molecular formula is C16H31N3. The summed E-state index contributed by atoms with van der Waals surface area (Å²) in [7, 11) is 0. The van der Waals surface area contributed by atoms with Gasteiger partial charge in [-0.05, 0) is 58.9 Å². The Hall–Kier alpha value is -0.120. The van der Waals surface area contributed by atoms with Gasteiger partial charge in [-0.15, -0.1) is 0 Å². The summed E-state index contributed by atoms with van der Waals surface area (Å²) in [6.07, 6.45) is 5.78. The standard InChI is InChI=1S/C16H31N3/c1-16(2,3)17-12-13-4-7-15(13)19-10-8-18(9-11-19)14-5-6-14/h13-15,17H,4-12H2,1-3H3. The first-order valence-corrected chi connectivity index (χ1v) is 8.26. The smallest absolute Gasteiger partial charge is 0.0137 e. The van der Waals surface area contributed by atoms with Crippen molar-refractivity contribution in [3.63, 3.8) is 0 Å².